The fourth-order valence-electron chi connectivity index (χ4n) is 2.00. The first-order valence-electron chi connectivity index (χ1n) is 6.26. The van der Waals surface area contributed by atoms with Crippen LogP contribution in [0.3, 0.4) is 0 Å². The molecule has 0 fully saturated rings. The van der Waals surface area contributed by atoms with Crippen LogP contribution >= 0.6 is 0 Å². The van der Waals surface area contributed by atoms with Crippen LogP contribution in [0.15, 0.2) is 47.0 Å². The zero-order valence-electron chi connectivity index (χ0n) is 10.9. The number of benzene rings is 2. The van der Waals surface area contributed by atoms with Crippen LogP contribution in [0.1, 0.15) is 5.89 Å². The fourth-order valence-corrected chi connectivity index (χ4v) is 2.00. The Morgan fingerprint density at radius 1 is 1.05 bits per heavy atom. The van der Waals surface area contributed by atoms with E-state index in [0.29, 0.717) is 11.1 Å². The zero-order valence-corrected chi connectivity index (χ0v) is 10.9. The third-order valence-electron chi connectivity index (χ3n) is 3.01. The van der Waals surface area contributed by atoms with Crippen molar-refractivity contribution < 1.29 is 13.3 Å². The highest BCUT2D eigenvalue weighted by atomic mass is 19.2. The van der Waals surface area contributed by atoms with E-state index in [0.717, 1.165) is 6.07 Å². The van der Waals surface area contributed by atoms with Gasteiger partial charge in [0.25, 0.3) is 0 Å². The predicted octanol–water partition coefficient (Wildman–Crippen LogP) is 3.14. The molecule has 2 N–H and O–H groups in total. The molecule has 1 aromatic heterocycles. The lowest BCUT2D eigenvalue weighted by Gasteiger charge is -2.06. The molecule has 0 aliphatic heterocycles. The average molecular weight is 287 g/mol. The molecule has 0 amide bonds. The quantitative estimate of drug-likeness (QED) is 0.803. The molecular formula is C15H11F2N3O. The minimum atomic E-state index is -0.967. The summed E-state index contributed by atoms with van der Waals surface area (Å²) in [5, 5.41) is 3.71. The Morgan fingerprint density at radius 3 is 2.48 bits per heavy atom. The fraction of sp³-hybridized carbons (Fsp3) is 0.0667. The molecule has 0 spiro atoms. The second-order valence-corrected chi connectivity index (χ2v) is 4.40. The third kappa shape index (κ3) is 2.53. The highest BCUT2D eigenvalue weighted by molar-refractivity contribution is 5.70. The van der Waals surface area contributed by atoms with E-state index in [1.807, 2.05) is 0 Å². The lowest BCUT2D eigenvalue weighted by Crippen LogP contribution is -1.96. The normalized spacial score (nSPS) is 10.8. The Morgan fingerprint density at radius 2 is 1.81 bits per heavy atom. The molecule has 6 heteroatoms. The van der Waals surface area contributed by atoms with E-state index >= 15 is 0 Å². The van der Waals surface area contributed by atoms with Gasteiger partial charge in [0.1, 0.15) is 0 Å². The highest BCUT2D eigenvalue weighted by Gasteiger charge is 2.16. The molecule has 3 aromatic rings. The lowest BCUT2D eigenvalue weighted by atomic mass is 10.0. The maximum Gasteiger partial charge on any atom is 0.240 e. The molecule has 1 heterocycles. The van der Waals surface area contributed by atoms with Crippen LogP contribution < -0.4 is 5.73 Å². The average Bonchev–Trinajstić information content (AvgIpc) is 3.00. The van der Waals surface area contributed by atoms with Gasteiger partial charge < -0.3 is 10.3 Å². The Labute approximate surface area is 119 Å². The maximum absolute atomic E-state index is 14.0. The van der Waals surface area contributed by atoms with Crippen molar-refractivity contribution in [3.63, 3.8) is 0 Å². The van der Waals surface area contributed by atoms with Crippen molar-refractivity contribution in [2.45, 2.75) is 6.54 Å². The number of hydrogen-bond donors (Lipinski definition) is 1. The number of nitrogens with zero attached hydrogens (tertiary/aromatic N) is 2. The van der Waals surface area contributed by atoms with E-state index in [9.17, 15) is 8.78 Å². The van der Waals surface area contributed by atoms with Crippen molar-refractivity contribution in [1.82, 2.24) is 10.1 Å². The predicted molar refractivity (Wildman–Crippen MR) is 73.0 cm³/mol. The Kier molecular flexibility index (Phi) is 3.45. The number of rotatable bonds is 3. The summed E-state index contributed by atoms with van der Waals surface area (Å²) in [6.45, 7) is 0.0855. The van der Waals surface area contributed by atoms with Crippen LogP contribution in [0.5, 0.6) is 0 Å². The van der Waals surface area contributed by atoms with Crippen molar-refractivity contribution in [3.8, 4) is 22.5 Å². The Balaban J connectivity index is 2.14. The van der Waals surface area contributed by atoms with E-state index in [1.165, 1.54) is 6.07 Å². The molecule has 0 atom stereocenters. The largest absolute Gasteiger partial charge is 0.338 e. The number of aromatic nitrogens is 2. The summed E-state index contributed by atoms with van der Waals surface area (Å²) in [5.41, 5.74) is 6.43. The van der Waals surface area contributed by atoms with Crippen molar-refractivity contribution in [3.05, 3.63) is 60.0 Å². The van der Waals surface area contributed by atoms with Gasteiger partial charge in [-0.15, -0.1) is 0 Å². The van der Waals surface area contributed by atoms with E-state index < -0.39 is 11.6 Å². The molecule has 0 aliphatic rings. The van der Waals surface area contributed by atoms with E-state index in [4.69, 9.17) is 10.3 Å². The Bertz CT molecular complexity index is 772. The summed E-state index contributed by atoms with van der Waals surface area (Å²) in [7, 11) is 0. The van der Waals surface area contributed by atoms with Crippen LogP contribution in [0.2, 0.25) is 0 Å². The summed E-state index contributed by atoms with van der Waals surface area (Å²) in [6.07, 6.45) is 0. The molecule has 3 rings (SSSR count). The van der Waals surface area contributed by atoms with Crippen molar-refractivity contribution in [2.75, 3.05) is 0 Å². The summed E-state index contributed by atoms with van der Waals surface area (Å²) >= 11 is 0. The van der Waals surface area contributed by atoms with Crippen LogP contribution in [0.4, 0.5) is 8.78 Å². The first kappa shape index (κ1) is 13.4. The summed E-state index contributed by atoms with van der Waals surface area (Å²) < 4.78 is 32.7. The second kappa shape index (κ2) is 5.41. The number of halogens is 2. The van der Waals surface area contributed by atoms with Gasteiger partial charge in [-0.3, -0.25) is 0 Å². The van der Waals surface area contributed by atoms with Gasteiger partial charge in [0.2, 0.25) is 11.7 Å². The highest BCUT2D eigenvalue weighted by Crippen LogP contribution is 2.29. The Hall–Kier alpha value is -2.60. The van der Waals surface area contributed by atoms with Crippen LogP contribution in [-0.4, -0.2) is 10.1 Å². The molecule has 4 nitrogen and oxygen atoms in total. The van der Waals surface area contributed by atoms with Gasteiger partial charge in [-0.2, -0.15) is 4.98 Å². The van der Waals surface area contributed by atoms with E-state index in [2.05, 4.69) is 10.1 Å². The van der Waals surface area contributed by atoms with Gasteiger partial charge in [0.15, 0.2) is 11.6 Å². The molecule has 0 saturated carbocycles. The first-order chi connectivity index (χ1) is 10.2. The molecule has 0 saturated heterocycles. The van der Waals surface area contributed by atoms with Crippen LogP contribution in [0.25, 0.3) is 22.5 Å². The molecule has 0 unspecified atom stereocenters. The van der Waals surface area contributed by atoms with Crippen molar-refractivity contribution in [2.24, 2.45) is 5.73 Å². The topological polar surface area (TPSA) is 64.9 Å². The first-order valence-corrected chi connectivity index (χ1v) is 6.26. The zero-order chi connectivity index (χ0) is 14.8. The van der Waals surface area contributed by atoms with Gasteiger partial charge in [-0.25, -0.2) is 8.78 Å². The van der Waals surface area contributed by atoms with Gasteiger partial charge in [0.05, 0.1) is 6.54 Å². The second-order valence-electron chi connectivity index (χ2n) is 4.40. The molecule has 2 aromatic carbocycles. The minimum Gasteiger partial charge on any atom is -0.338 e. The summed E-state index contributed by atoms with van der Waals surface area (Å²) in [6, 6.07) is 11.2. The molecule has 0 aliphatic carbocycles. The van der Waals surface area contributed by atoms with Crippen molar-refractivity contribution >= 4 is 0 Å². The third-order valence-corrected chi connectivity index (χ3v) is 3.01. The molecule has 0 radical (unpaired) electrons. The SMILES string of the molecule is NCc1nc(-c2cc(F)c(F)c(-c3ccccc3)c2)no1. The number of nitrogens with two attached hydrogens (primary N) is 1. The molecular weight excluding hydrogens is 276 g/mol. The van der Waals surface area contributed by atoms with Gasteiger partial charge in [0, 0.05) is 11.1 Å². The van der Waals surface area contributed by atoms with Crippen molar-refractivity contribution in [1.29, 1.82) is 0 Å². The van der Waals surface area contributed by atoms with Gasteiger partial charge >= 0.3 is 0 Å². The monoisotopic (exact) mass is 287 g/mol. The summed E-state index contributed by atoms with van der Waals surface area (Å²) in [5.74, 6) is -1.47. The van der Waals surface area contributed by atoms with Crippen LogP contribution in [0, 0.1) is 11.6 Å². The number of hydrogen-bond acceptors (Lipinski definition) is 4. The maximum atomic E-state index is 14.0. The molecule has 21 heavy (non-hydrogen) atoms. The standard InChI is InChI=1S/C15H11F2N3O/c16-12-7-10(15-19-13(8-18)21-20-15)6-11(14(12)17)9-4-2-1-3-5-9/h1-7H,8,18H2. The lowest BCUT2D eigenvalue weighted by molar-refractivity contribution is 0.380. The van der Waals surface area contributed by atoms with Crippen LogP contribution in [-0.2, 0) is 6.54 Å². The van der Waals surface area contributed by atoms with Gasteiger partial charge in [-0.05, 0) is 17.7 Å². The minimum absolute atomic E-state index is 0.0855. The molecule has 106 valence electrons. The van der Waals surface area contributed by atoms with E-state index in [-0.39, 0.29) is 23.8 Å². The van der Waals surface area contributed by atoms with E-state index in [1.54, 1.807) is 30.3 Å². The summed E-state index contributed by atoms with van der Waals surface area (Å²) in [4.78, 5) is 4.01. The molecule has 0 bridgehead atoms. The van der Waals surface area contributed by atoms with Gasteiger partial charge in [-0.1, -0.05) is 35.5 Å². The smallest absolute Gasteiger partial charge is 0.240 e.